The quantitative estimate of drug-likeness (QED) is 0.422. The molecule has 1 aliphatic heterocycles. The monoisotopic (exact) mass is 472 g/mol. The molecule has 1 N–H and O–H groups in total. The SMILES string of the molecule is CCNC(=NCc1scnc1C)N1CCN(c2ccccn2)CC1.I. The summed E-state index contributed by atoms with van der Waals surface area (Å²) in [7, 11) is 0. The van der Waals surface area contributed by atoms with Crippen LogP contribution < -0.4 is 10.2 Å². The van der Waals surface area contributed by atoms with Crippen LogP contribution in [0.5, 0.6) is 0 Å². The molecule has 6 nitrogen and oxygen atoms in total. The molecule has 136 valence electrons. The molecule has 0 aromatic carbocycles. The van der Waals surface area contributed by atoms with E-state index in [1.807, 2.05) is 30.8 Å². The lowest BCUT2D eigenvalue weighted by molar-refractivity contribution is 0.371. The van der Waals surface area contributed by atoms with E-state index in [1.165, 1.54) is 4.88 Å². The summed E-state index contributed by atoms with van der Waals surface area (Å²) >= 11 is 1.67. The number of aromatic nitrogens is 2. The summed E-state index contributed by atoms with van der Waals surface area (Å²) in [4.78, 5) is 19.4. The Morgan fingerprint density at radius 1 is 1.24 bits per heavy atom. The third-order valence-corrected chi connectivity index (χ3v) is 5.02. The minimum Gasteiger partial charge on any atom is -0.357 e. The molecular weight excluding hydrogens is 447 g/mol. The number of hydrogen-bond donors (Lipinski definition) is 1. The predicted octanol–water partition coefficient (Wildman–Crippen LogP) is 2.75. The highest BCUT2D eigenvalue weighted by Crippen LogP contribution is 2.15. The summed E-state index contributed by atoms with van der Waals surface area (Å²) in [5.41, 5.74) is 2.97. The van der Waals surface area contributed by atoms with Gasteiger partial charge in [0.25, 0.3) is 0 Å². The van der Waals surface area contributed by atoms with Gasteiger partial charge in [-0.15, -0.1) is 35.3 Å². The fourth-order valence-corrected chi connectivity index (χ4v) is 3.44. The first-order valence-corrected chi connectivity index (χ1v) is 9.24. The van der Waals surface area contributed by atoms with Crippen molar-refractivity contribution in [3.05, 3.63) is 40.5 Å². The third-order valence-electron chi connectivity index (χ3n) is 4.10. The van der Waals surface area contributed by atoms with Crippen LogP contribution >= 0.6 is 35.3 Å². The molecule has 0 spiro atoms. The number of hydrogen-bond acceptors (Lipinski definition) is 5. The number of rotatable bonds is 4. The van der Waals surface area contributed by atoms with Crippen molar-refractivity contribution >= 4 is 47.1 Å². The van der Waals surface area contributed by atoms with Crippen LogP contribution in [0.4, 0.5) is 5.82 Å². The first-order valence-electron chi connectivity index (χ1n) is 8.36. The van der Waals surface area contributed by atoms with Gasteiger partial charge in [0.2, 0.25) is 0 Å². The van der Waals surface area contributed by atoms with Gasteiger partial charge >= 0.3 is 0 Å². The summed E-state index contributed by atoms with van der Waals surface area (Å²) in [6.07, 6.45) is 1.85. The molecular formula is C17H25IN6S. The second kappa shape index (κ2) is 9.91. The highest BCUT2D eigenvalue weighted by atomic mass is 127. The number of anilines is 1. The molecule has 0 bridgehead atoms. The van der Waals surface area contributed by atoms with E-state index in [0.717, 1.165) is 50.2 Å². The first-order chi connectivity index (χ1) is 11.8. The van der Waals surface area contributed by atoms with Crippen molar-refractivity contribution in [1.29, 1.82) is 0 Å². The van der Waals surface area contributed by atoms with Gasteiger partial charge in [0.15, 0.2) is 5.96 Å². The second-order valence-corrected chi connectivity index (χ2v) is 6.63. The Morgan fingerprint density at radius 3 is 2.64 bits per heavy atom. The van der Waals surface area contributed by atoms with Crippen LogP contribution in [-0.4, -0.2) is 53.6 Å². The van der Waals surface area contributed by atoms with Crippen LogP contribution in [0.3, 0.4) is 0 Å². The normalized spacial score (nSPS) is 15.0. The molecule has 2 aromatic rings. The summed E-state index contributed by atoms with van der Waals surface area (Å²) in [6, 6.07) is 6.07. The Balaban J connectivity index is 0.00000225. The van der Waals surface area contributed by atoms with E-state index in [0.29, 0.717) is 6.54 Å². The summed E-state index contributed by atoms with van der Waals surface area (Å²) < 4.78 is 0. The Labute approximate surface area is 170 Å². The number of thiazole rings is 1. The van der Waals surface area contributed by atoms with Gasteiger partial charge in [-0.2, -0.15) is 0 Å². The van der Waals surface area contributed by atoms with Crippen LogP contribution in [0, 0.1) is 6.92 Å². The average molecular weight is 472 g/mol. The smallest absolute Gasteiger partial charge is 0.194 e. The van der Waals surface area contributed by atoms with Gasteiger partial charge in [0, 0.05) is 43.8 Å². The fraction of sp³-hybridized carbons (Fsp3) is 0.471. The number of piperazine rings is 1. The van der Waals surface area contributed by atoms with Gasteiger partial charge < -0.3 is 15.1 Å². The van der Waals surface area contributed by atoms with Crippen LogP contribution in [0.25, 0.3) is 0 Å². The van der Waals surface area contributed by atoms with Gasteiger partial charge in [0.05, 0.1) is 17.7 Å². The first kappa shape index (κ1) is 19.9. The van der Waals surface area contributed by atoms with E-state index in [1.54, 1.807) is 11.3 Å². The molecule has 0 saturated carbocycles. The van der Waals surface area contributed by atoms with Crippen LogP contribution in [0.15, 0.2) is 34.9 Å². The zero-order chi connectivity index (χ0) is 16.8. The molecule has 1 aliphatic rings. The molecule has 0 unspecified atom stereocenters. The lowest BCUT2D eigenvalue weighted by Gasteiger charge is -2.37. The van der Waals surface area contributed by atoms with E-state index in [-0.39, 0.29) is 24.0 Å². The van der Waals surface area contributed by atoms with Crippen molar-refractivity contribution in [3.8, 4) is 0 Å². The number of aliphatic imine (C=N–C) groups is 1. The minimum atomic E-state index is 0. The van der Waals surface area contributed by atoms with Crippen LogP contribution in [-0.2, 0) is 6.54 Å². The number of nitrogens with one attached hydrogen (secondary N) is 1. The number of nitrogens with zero attached hydrogens (tertiary/aromatic N) is 5. The van der Waals surface area contributed by atoms with Gasteiger partial charge in [-0.3, -0.25) is 0 Å². The van der Waals surface area contributed by atoms with Crippen molar-refractivity contribution in [1.82, 2.24) is 20.2 Å². The van der Waals surface area contributed by atoms with Crippen molar-refractivity contribution in [2.75, 3.05) is 37.6 Å². The van der Waals surface area contributed by atoms with Gasteiger partial charge in [0.1, 0.15) is 5.82 Å². The predicted molar refractivity (Wildman–Crippen MR) is 115 cm³/mol. The highest BCUT2D eigenvalue weighted by molar-refractivity contribution is 14.0. The maximum Gasteiger partial charge on any atom is 0.194 e. The Hall–Kier alpha value is -1.42. The van der Waals surface area contributed by atoms with Crippen molar-refractivity contribution in [2.45, 2.75) is 20.4 Å². The van der Waals surface area contributed by atoms with E-state index in [4.69, 9.17) is 4.99 Å². The maximum absolute atomic E-state index is 4.81. The average Bonchev–Trinajstić information content (AvgIpc) is 3.04. The molecule has 3 rings (SSSR count). The Kier molecular flexibility index (Phi) is 7.89. The van der Waals surface area contributed by atoms with E-state index < -0.39 is 0 Å². The van der Waals surface area contributed by atoms with Crippen molar-refractivity contribution in [2.24, 2.45) is 4.99 Å². The molecule has 0 aliphatic carbocycles. The largest absolute Gasteiger partial charge is 0.357 e. The number of pyridine rings is 1. The van der Waals surface area contributed by atoms with Crippen molar-refractivity contribution < 1.29 is 0 Å². The molecule has 8 heteroatoms. The molecule has 2 aromatic heterocycles. The second-order valence-electron chi connectivity index (χ2n) is 5.69. The van der Waals surface area contributed by atoms with Crippen LogP contribution in [0.2, 0.25) is 0 Å². The third kappa shape index (κ3) is 5.27. The Bertz CT molecular complexity index is 667. The molecule has 25 heavy (non-hydrogen) atoms. The molecule has 0 amide bonds. The van der Waals surface area contributed by atoms with E-state index in [2.05, 4.69) is 38.1 Å². The standard InChI is InChI=1S/C17H24N6S.HI/c1-3-18-17(20-12-15-14(2)21-13-24-15)23-10-8-22(9-11-23)16-6-4-5-7-19-16;/h4-7,13H,3,8-12H2,1-2H3,(H,18,20);1H. The zero-order valence-electron chi connectivity index (χ0n) is 14.7. The minimum absolute atomic E-state index is 0. The number of halogens is 1. The van der Waals surface area contributed by atoms with Gasteiger partial charge in [-0.05, 0) is 26.0 Å². The van der Waals surface area contributed by atoms with Gasteiger partial charge in [-0.1, -0.05) is 6.07 Å². The molecule has 1 saturated heterocycles. The molecule has 1 fully saturated rings. The number of aryl methyl sites for hydroxylation is 1. The van der Waals surface area contributed by atoms with Gasteiger partial charge in [-0.25, -0.2) is 15.0 Å². The fourth-order valence-electron chi connectivity index (χ4n) is 2.74. The topological polar surface area (TPSA) is 56.7 Å². The lowest BCUT2D eigenvalue weighted by Crippen LogP contribution is -2.52. The van der Waals surface area contributed by atoms with E-state index in [9.17, 15) is 0 Å². The lowest BCUT2D eigenvalue weighted by atomic mass is 10.3. The zero-order valence-corrected chi connectivity index (χ0v) is 17.8. The molecule has 3 heterocycles. The summed E-state index contributed by atoms with van der Waals surface area (Å²) in [5, 5.41) is 3.41. The van der Waals surface area contributed by atoms with E-state index >= 15 is 0 Å². The van der Waals surface area contributed by atoms with Crippen LogP contribution in [0.1, 0.15) is 17.5 Å². The number of guanidine groups is 1. The molecule has 0 atom stereocenters. The highest BCUT2D eigenvalue weighted by Gasteiger charge is 2.20. The maximum atomic E-state index is 4.81. The Morgan fingerprint density at radius 2 is 2.04 bits per heavy atom. The van der Waals surface area contributed by atoms with Crippen molar-refractivity contribution in [3.63, 3.8) is 0 Å². The molecule has 0 radical (unpaired) electrons. The summed E-state index contributed by atoms with van der Waals surface area (Å²) in [6.45, 7) is 9.54. The summed E-state index contributed by atoms with van der Waals surface area (Å²) in [5.74, 6) is 2.05.